The highest BCUT2D eigenvalue weighted by Gasteiger charge is 2.09. The van der Waals surface area contributed by atoms with Gasteiger partial charge in [0.1, 0.15) is 0 Å². The third-order valence-electron chi connectivity index (χ3n) is 3.72. The molecule has 4 heteroatoms. The number of hydrogen-bond acceptors (Lipinski definition) is 2. The molecular weight excluding hydrogens is 250 g/mol. The van der Waals surface area contributed by atoms with E-state index in [1.165, 1.54) is 0 Å². The lowest BCUT2D eigenvalue weighted by Crippen LogP contribution is -2.08. The molecule has 0 aliphatic rings. The summed E-state index contributed by atoms with van der Waals surface area (Å²) in [6, 6.07) is 4.41. The lowest BCUT2D eigenvalue weighted by Gasteiger charge is -2.12. The summed E-state index contributed by atoms with van der Waals surface area (Å²) in [6.45, 7) is 6.97. The van der Waals surface area contributed by atoms with Crippen molar-refractivity contribution in [1.29, 1.82) is 0 Å². The standard InChI is InChI=1S/C16H23N3O/c1-4-15(5-2)19-10-8-14(17-19)12-18-9-7-13(11-18)16(20)6-3/h7-11,15H,4-6,12H2,1-3H3. The fourth-order valence-electron chi connectivity index (χ4n) is 2.42. The summed E-state index contributed by atoms with van der Waals surface area (Å²) in [5.41, 5.74) is 1.81. The molecule has 4 nitrogen and oxygen atoms in total. The van der Waals surface area contributed by atoms with Gasteiger partial charge in [-0.2, -0.15) is 5.10 Å². The number of ketones is 1. The van der Waals surface area contributed by atoms with Crippen molar-refractivity contribution in [3.05, 3.63) is 42.0 Å². The van der Waals surface area contributed by atoms with Crippen LogP contribution in [0.25, 0.3) is 0 Å². The zero-order valence-corrected chi connectivity index (χ0v) is 12.5. The van der Waals surface area contributed by atoms with Gasteiger partial charge in [-0.1, -0.05) is 20.8 Å². The Kier molecular flexibility index (Phi) is 4.77. The van der Waals surface area contributed by atoms with Crippen LogP contribution in [0.2, 0.25) is 0 Å². The summed E-state index contributed by atoms with van der Waals surface area (Å²) < 4.78 is 4.07. The molecule has 0 saturated heterocycles. The minimum Gasteiger partial charge on any atom is -0.348 e. The van der Waals surface area contributed by atoms with Crippen LogP contribution in [0.1, 0.15) is 62.1 Å². The number of rotatable bonds is 7. The Balaban J connectivity index is 2.07. The highest BCUT2D eigenvalue weighted by atomic mass is 16.1. The number of carbonyl (C=O) groups is 1. The molecule has 0 aromatic carbocycles. The zero-order valence-electron chi connectivity index (χ0n) is 12.5. The molecule has 2 aromatic heterocycles. The Bertz CT molecular complexity index is 564. The second-order valence-electron chi connectivity index (χ2n) is 5.11. The van der Waals surface area contributed by atoms with Gasteiger partial charge < -0.3 is 4.57 Å². The maximum Gasteiger partial charge on any atom is 0.164 e. The van der Waals surface area contributed by atoms with Crippen molar-refractivity contribution in [2.75, 3.05) is 0 Å². The molecule has 0 unspecified atom stereocenters. The molecule has 0 N–H and O–H groups in total. The Hall–Kier alpha value is -1.84. The fraction of sp³-hybridized carbons (Fsp3) is 0.500. The Morgan fingerprint density at radius 3 is 2.60 bits per heavy atom. The van der Waals surface area contributed by atoms with Gasteiger partial charge in [0.25, 0.3) is 0 Å². The number of nitrogens with zero attached hydrogens (tertiary/aromatic N) is 3. The SMILES string of the molecule is CCC(=O)c1ccn(Cc2ccn(C(CC)CC)n2)c1. The second kappa shape index (κ2) is 6.55. The van der Waals surface area contributed by atoms with Crippen molar-refractivity contribution >= 4 is 5.78 Å². The molecule has 0 bridgehead atoms. The van der Waals surface area contributed by atoms with Crippen LogP contribution in [0.15, 0.2) is 30.7 Å². The molecule has 0 spiro atoms. The first-order valence-electron chi connectivity index (χ1n) is 7.40. The van der Waals surface area contributed by atoms with Crippen LogP contribution in [-0.2, 0) is 6.54 Å². The maximum atomic E-state index is 11.6. The van der Waals surface area contributed by atoms with Crippen molar-refractivity contribution in [2.24, 2.45) is 0 Å². The van der Waals surface area contributed by atoms with E-state index >= 15 is 0 Å². The van der Waals surface area contributed by atoms with Gasteiger partial charge in [-0.15, -0.1) is 0 Å². The van der Waals surface area contributed by atoms with Crippen molar-refractivity contribution in [1.82, 2.24) is 14.3 Å². The number of aromatic nitrogens is 3. The topological polar surface area (TPSA) is 39.8 Å². The molecule has 0 atom stereocenters. The van der Waals surface area contributed by atoms with Gasteiger partial charge in [0.15, 0.2) is 5.78 Å². The third-order valence-corrected chi connectivity index (χ3v) is 3.72. The molecule has 0 amide bonds. The van der Waals surface area contributed by atoms with E-state index in [4.69, 9.17) is 0 Å². The lowest BCUT2D eigenvalue weighted by atomic mass is 10.2. The van der Waals surface area contributed by atoms with Gasteiger partial charge in [-0.05, 0) is 25.0 Å². The van der Waals surface area contributed by atoms with Crippen molar-refractivity contribution in [3.8, 4) is 0 Å². The molecule has 0 aliphatic carbocycles. The van der Waals surface area contributed by atoms with E-state index in [1.54, 1.807) is 0 Å². The van der Waals surface area contributed by atoms with Crippen LogP contribution < -0.4 is 0 Å². The summed E-state index contributed by atoms with van der Waals surface area (Å²) in [7, 11) is 0. The van der Waals surface area contributed by atoms with Crippen LogP contribution in [-0.4, -0.2) is 20.1 Å². The van der Waals surface area contributed by atoms with E-state index in [-0.39, 0.29) is 5.78 Å². The van der Waals surface area contributed by atoms with Crippen LogP contribution in [0.4, 0.5) is 0 Å². The van der Waals surface area contributed by atoms with E-state index in [0.29, 0.717) is 19.0 Å². The van der Waals surface area contributed by atoms with Crippen LogP contribution >= 0.6 is 0 Å². The van der Waals surface area contributed by atoms with Gasteiger partial charge in [-0.25, -0.2) is 0 Å². The number of Topliss-reactive ketones (excluding diaryl/α,β-unsaturated/α-hetero) is 1. The molecule has 2 rings (SSSR count). The van der Waals surface area contributed by atoms with E-state index < -0.39 is 0 Å². The van der Waals surface area contributed by atoms with Crippen LogP contribution in [0.5, 0.6) is 0 Å². The molecule has 0 aliphatic heterocycles. The van der Waals surface area contributed by atoms with Crippen LogP contribution in [0.3, 0.4) is 0 Å². The van der Waals surface area contributed by atoms with Crippen LogP contribution in [0, 0.1) is 0 Å². The predicted molar refractivity (Wildman–Crippen MR) is 80.0 cm³/mol. The molecule has 0 fully saturated rings. The normalized spacial score (nSPS) is 11.2. The molecule has 2 aromatic rings. The largest absolute Gasteiger partial charge is 0.348 e. The first-order chi connectivity index (χ1) is 9.67. The van der Waals surface area contributed by atoms with Crippen molar-refractivity contribution in [3.63, 3.8) is 0 Å². The summed E-state index contributed by atoms with van der Waals surface area (Å²) >= 11 is 0. The second-order valence-corrected chi connectivity index (χ2v) is 5.11. The van der Waals surface area contributed by atoms with E-state index in [1.807, 2.05) is 30.0 Å². The molecule has 108 valence electrons. The monoisotopic (exact) mass is 273 g/mol. The third kappa shape index (κ3) is 3.18. The smallest absolute Gasteiger partial charge is 0.164 e. The van der Waals surface area contributed by atoms with Gasteiger partial charge in [0, 0.05) is 30.6 Å². The summed E-state index contributed by atoms with van der Waals surface area (Å²) in [4.78, 5) is 11.6. The predicted octanol–water partition coefficient (Wildman–Crippen LogP) is 3.69. The van der Waals surface area contributed by atoms with Gasteiger partial charge in [0.2, 0.25) is 0 Å². The fourth-order valence-corrected chi connectivity index (χ4v) is 2.42. The quantitative estimate of drug-likeness (QED) is 0.722. The van der Waals surface area contributed by atoms with E-state index in [2.05, 4.69) is 35.9 Å². The van der Waals surface area contributed by atoms with Crippen molar-refractivity contribution < 1.29 is 4.79 Å². The maximum absolute atomic E-state index is 11.6. The molecule has 20 heavy (non-hydrogen) atoms. The summed E-state index contributed by atoms with van der Waals surface area (Å²) in [6.07, 6.45) is 8.63. The first-order valence-corrected chi connectivity index (χ1v) is 7.40. The number of hydrogen-bond donors (Lipinski definition) is 0. The highest BCUT2D eigenvalue weighted by Crippen LogP contribution is 2.15. The number of carbonyl (C=O) groups excluding carboxylic acids is 1. The Labute approximate surface area is 120 Å². The summed E-state index contributed by atoms with van der Waals surface area (Å²) in [5, 5.41) is 4.63. The zero-order chi connectivity index (χ0) is 14.5. The minimum absolute atomic E-state index is 0.186. The van der Waals surface area contributed by atoms with Gasteiger partial charge in [-0.3, -0.25) is 9.48 Å². The van der Waals surface area contributed by atoms with E-state index in [9.17, 15) is 4.79 Å². The highest BCUT2D eigenvalue weighted by molar-refractivity contribution is 5.95. The Morgan fingerprint density at radius 2 is 1.95 bits per heavy atom. The Morgan fingerprint density at radius 1 is 1.20 bits per heavy atom. The van der Waals surface area contributed by atoms with E-state index in [0.717, 1.165) is 24.1 Å². The summed E-state index contributed by atoms with van der Waals surface area (Å²) in [5.74, 6) is 0.186. The van der Waals surface area contributed by atoms with Gasteiger partial charge in [0.05, 0.1) is 18.3 Å². The molecule has 0 radical (unpaired) electrons. The molecular formula is C16H23N3O. The molecule has 0 saturated carbocycles. The van der Waals surface area contributed by atoms with Crippen molar-refractivity contribution in [2.45, 2.75) is 52.6 Å². The average molecular weight is 273 g/mol. The first kappa shape index (κ1) is 14.6. The minimum atomic E-state index is 0.186. The molecule has 2 heterocycles. The average Bonchev–Trinajstić information content (AvgIpc) is 3.10. The lowest BCUT2D eigenvalue weighted by molar-refractivity contribution is 0.0988. The van der Waals surface area contributed by atoms with Gasteiger partial charge >= 0.3 is 0 Å².